The fraction of sp³-hybridized carbons (Fsp3) is 0.421. The fourth-order valence-electron chi connectivity index (χ4n) is 2.86. The molecule has 7 nitrogen and oxygen atoms in total. The zero-order chi connectivity index (χ0) is 18.7. The lowest BCUT2D eigenvalue weighted by Crippen LogP contribution is -2.30. The van der Waals surface area contributed by atoms with Crippen molar-refractivity contribution < 1.29 is 14.3 Å². The van der Waals surface area contributed by atoms with Crippen LogP contribution in [0.5, 0.6) is 11.5 Å². The number of ether oxygens (including phenoxy) is 2. The normalized spacial score (nSPS) is 14.2. The number of hydrogen-bond acceptors (Lipinski definition) is 5. The maximum Gasteiger partial charge on any atom is 0.345 e. The molecule has 7 heteroatoms. The van der Waals surface area contributed by atoms with Gasteiger partial charge in [0.15, 0.2) is 11.5 Å². The van der Waals surface area contributed by atoms with Crippen molar-refractivity contribution in [2.24, 2.45) is 5.92 Å². The van der Waals surface area contributed by atoms with Crippen LogP contribution in [0.1, 0.15) is 48.6 Å². The lowest BCUT2D eigenvalue weighted by atomic mass is 10.1. The summed E-state index contributed by atoms with van der Waals surface area (Å²) in [5.74, 6) is 1.35. The van der Waals surface area contributed by atoms with Gasteiger partial charge in [0.05, 0.1) is 6.04 Å². The Balaban J connectivity index is 1.75. The monoisotopic (exact) mass is 357 g/mol. The van der Waals surface area contributed by atoms with Crippen LogP contribution < -0.4 is 20.5 Å². The van der Waals surface area contributed by atoms with Gasteiger partial charge in [-0.1, -0.05) is 19.9 Å². The molecule has 0 saturated carbocycles. The van der Waals surface area contributed by atoms with Crippen LogP contribution in [0.15, 0.2) is 29.1 Å². The van der Waals surface area contributed by atoms with Gasteiger partial charge in [-0.3, -0.25) is 4.79 Å². The molecule has 0 spiro atoms. The molecule has 0 aliphatic carbocycles. The molecule has 1 aromatic heterocycles. The third-order valence-electron chi connectivity index (χ3n) is 4.08. The second-order valence-electron chi connectivity index (χ2n) is 6.79. The van der Waals surface area contributed by atoms with Gasteiger partial charge >= 0.3 is 5.69 Å². The van der Waals surface area contributed by atoms with E-state index in [0.29, 0.717) is 42.7 Å². The molecule has 2 heterocycles. The Hall–Kier alpha value is -2.83. The number of aromatic amines is 1. The van der Waals surface area contributed by atoms with Crippen molar-refractivity contribution in [3.8, 4) is 11.5 Å². The van der Waals surface area contributed by atoms with Gasteiger partial charge in [-0.2, -0.15) is 4.98 Å². The number of fused-ring (bicyclic) bond motifs is 1. The zero-order valence-electron chi connectivity index (χ0n) is 15.2. The van der Waals surface area contributed by atoms with E-state index in [0.717, 1.165) is 5.56 Å². The maximum absolute atomic E-state index is 12.5. The molecule has 1 atom stereocenters. The highest BCUT2D eigenvalue weighted by Gasteiger charge is 2.18. The summed E-state index contributed by atoms with van der Waals surface area (Å²) < 4.78 is 11.1. The molecule has 0 fully saturated rings. The summed E-state index contributed by atoms with van der Waals surface area (Å²) in [6.07, 6.45) is 0.676. The molecule has 3 rings (SSSR count). The van der Waals surface area contributed by atoms with Gasteiger partial charge in [0.25, 0.3) is 5.91 Å². The van der Waals surface area contributed by atoms with E-state index < -0.39 is 5.69 Å². The van der Waals surface area contributed by atoms with Crippen molar-refractivity contribution >= 4 is 5.91 Å². The van der Waals surface area contributed by atoms with Gasteiger partial charge < -0.3 is 19.8 Å². The van der Waals surface area contributed by atoms with Gasteiger partial charge in [-0.25, -0.2) is 4.79 Å². The Morgan fingerprint density at radius 2 is 1.92 bits per heavy atom. The minimum Gasteiger partial charge on any atom is -0.486 e. The topological polar surface area (TPSA) is 93.3 Å². The molecule has 138 valence electrons. The van der Waals surface area contributed by atoms with E-state index in [2.05, 4.69) is 15.3 Å². The van der Waals surface area contributed by atoms with E-state index in [-0.39, 0.29) is 17.6 Å². The van der Waals surface area contributed by atoms with Crippen LogP contribution >= 0.6 is 0 Å². The van der Waals surface area contributed by atoms with Crippen molar-refractivity contribution in [3.05, 3.63) is 51.7 Å². The molecule has 1 amide bonds. The molecular weight excluding hydrogens is 334 g/mol. The summed E-state index contributed by atoms with van der Waals surface area (Å²) >= 11 is 0. The molecule has 0 radical (unpaired) electrons. The van der Waals surface area contributed by atoms with Crippen molar-refractivity contribution in [3.63, 3.8) is 0 Å². The van der Waals surface area contributed by atoms with Crippen molar-refractivity contribution in [1.82, 2.24) is 15.3 Å². The number of H-pyrrole nitrogens is 1. The summed E-state index contributed by atoms with van der Waals surface area (Å²) in [4.78, 5) is 30.7. The summed E-state index contributed by atoms with van der Waals surface area (Å²) in [5.41, 5.74) is 1.20. The Morgan fingerprint density at radius 3 is 2.65 bits per heavy atom. The molecule has 0 bridgehead atoms. The van der Waals surface area contributed by atoms with Crippen LogP contribution in [0, 0.1) is 5.92 Å². The Kier molecular flexibility index (Phi) is 5.25. The molecule has 1 aliphatic rings. The molecule has 26 heavy (non-hydrogen) atoms. The first-order chi connectivity index (χ1) is 12.4. The third-order valence-corrected chi connectivity index (χ3v) is 4.08. The Bertz CT molecular complexity index is 860. The van der Waals surface area contributed by atoms with Crippen molar-refractivity contribution in [2.45, 2.75) is 33.2 Å². The van der Waals surface area contributed by atoms with Crippen LogP contribution in [-0.2, 0) is 6.42 Å². The number of aromatic nitrogens is 2. The lowest BCUT2D eigenvalue weighted by Gasteiger charge is -2.21. The molecule has 2 aromatic rings. The van der Waals surface area contributed by atoms with Gasteiger partial charge in [-0.15, -0.1) is 0 Å². The number of rotatable bonds is 5. The van der Waals surface area contributed by atoms with Gasteiger partial charge in [0.1, 0.15) is 18.9 Å². The average molecular weight is 357 g/mol. The van der Waals surface area contributed by atoms with E-state index in [1.165, 1.54) is 0 Å². The number of nitrogens with one attached hydrogen (secondary N) is 2. The highest BCUT2D eigenvalue weighted by Crippen LogP contribution is 2.32. The highest BCUT2D eigenvalue weighted by atomic mass is 16.6. The number of nitrogens with zero attached hydrogens (tertiary/aromatic N) is 1. The Morgan fingerprint density at radius 1 is 1.19 bits per heavy atom. The first kappa shape index (κ1) is 18.0. The summed E-state index contributed by atoms with van der Waals surface area (Å²) in [7, 11) is 0. The minimum absolute atomic E-state index is 0.119. The molecule has 0 unspecified atom stereocenters. The highest BCUT2D eigenvalue weighted by molar-refractivity contribution is 5.92. The van der Waals surface area contributed by atoms with E-state index in [9.17, 15) is 9.59 Å². The van der Waals surface area contributed by atoms with Gasteiger partial charge in [-0.05, 0) is 43.0 Å². The third kappa shape index (κ3) is 4.22. The van der Waals surface area contributed by atoms with Crippen LogP contribution in [-0.4, -0.2) is 29.1 Å². The molecular formula is C19H23N3O4. The number of carbonyl (C=O) groups excluding carboxylic acids is 1. The number of amides is 1. The van der Waals surface area contributed by atoms with E-state index >= 15 is 0 Å². The molecule has 0 saturated heterocycles. The lowest BCUT2D eigenvalue weighted by molar-refractivity contribution is 0.0934. The smallest absolute Gasteiger partial charge is 0.345 e. The molecule has 1 aromatic carbocycles. The van der Waals surface area contributed by atoms with E-state index in [1.807, 2.05) is 39.0 Å². The van der Waals surface area contributed by atoms with Crippen LogP contribution in [0.4, 0.5) is 0 Å². The first-order valence-electron chi connectivity index (χ1n) is 8.73. The molecule has 2 N–H and O–H groups in total. The summed E-state index contributed by atoms with van der Waals surface area (Å²) in [5, 5.41) is 2.88. The first-order valence-corrected chi connectivity index (χ1v) is 8.73. The largest absolute Gasteiger partial charge is 0.486 e. The van der Waals surface area contributed by atoms with Gasteiger partial charge in [0, 0.05) is 5.69 Å². The van der Waals surface area contributed by atoms with Crippen LogP contribution in [0.25, 0.3) is 0 Å². The predicted octanol–water partition coefficient (Wildman–Crippen LogP) is 2.23. The predicted molar refractivity (Wildman–Crippen MR) is 96.7 cm³/mol. The number of benzene rings is 1. The quantitative estimate of drug-likeness (QED) is 0.856. The Labute approximate surface area is 151 Å². The minimum atomic E-state index is -0.514. The number of hydrogen-bond donors (Lipinski definition) is 2. The zero-order valence-corrected chi connectivity index (χ0v) is 15.2. The summed E-state index contributed by atoms with van der Waals surface area (Å²) in [6.45, 7) is 6.99. The van der Waals surface area contributed by atoms with Gasteiger partial charge in [0.2, 0.25) is 0 Å². The van der Waals surface area contributed by atoms with Crippen LogP contribution in [0.2, 0.25) is 0 Å². The fourth-order valence-corrected chi connectivity index (χ4v) is 2.86. The second-order valence-corrected chi connectivity index (χ2v) is 6.79. The van der Waals surface area contributed by atoms with E-state index in [1.54, 1.807) is 6.07 Å². The second kappa shape index (κ2) is 7.59. The van der Waals surface area contributed by atoms with E-state index in [4.69, 9.17) is 9.47 Å². The van der Waals surface area contributed by atoms with Crippen molar-refractivity contribution in [1.29, 1.82) is 0 Å². The number of carbonyl (C=O) groups is 1. The molecule has 1 aliphatic heterocycles. The average Bonchev–Trinajstić information content (AvgIpc) is 2.60. The van der Waals surface area contributed by atoms with Crippen molar-refractivity contribution in [2.75, 3.05) is 13.2 Å². The van der Waals surface area contributed by atoms with Crippen LogP contribution in [0.3, 0.4) is 0 Å². The summed E-state index contributed by atoms with van der Waals surface area (Å²) in [6, 6.07) is 6.93. The SMILES string of the molecule is CC(C)Cc1cc(C(=O)N[C@@H](C)c2ccc3c(c2)OCCO3)nc(=O)[nH]1. The maximum atomic E-state index is 12.5. The standard InChI is InChI=1S/C19H23N3O4/c1-11(2)8-14-10-15(22-19(24)21-14)18(23)20-12(3)13-4-5-16-17(9-13)26-7-6-25-16/h4-5,9-12H,6-8H2,1-3H3,(H,20,23)(H,21,22,24)/t12-/m0/s1.